The molecule has 0 bridgehead atoms. The van der Waals surface area contributed by atoms with Crippen LogP contribution in [0.1, 0.15) is 54.0 Å². The van der Waals surface area contributed by atoms with Crippen LogP contribution in [0.15, 0.2) is 6.07 Å². The van der Waals surface area contributed by atoms with Crippen molar-refractivity contribution in [3.8, 4) is 0 Å². The van der Waals surface area contributed by atoms with Gasteiger partial charge in [0.25, 0.3) is 0 Å². The zero-order valence-corrected chi connectivity index (χ0v) is 11.4. The third-order valence-corrected chi connectivity index (χ3v) is 5.20. The molecule has 0 saturated heterocycles. The minimum absolute atomic E-state index is 0.284. The van der Waals surface area contributed by atoms with Gasteiger partial charge in [-0.05, 0) is 50.2 Å². The Labute approximate surface area is 103 Å². The Kier molecular flexibility index (Phi) is 3.70. The molecule has 0 aliphatic heterocycles. The molecule has 1 heterocycles. The molecule has 16 heavy (non-hydrogen) atoms. The molecule has 1 unspecified atom stereocenters. The van der Waals surface area contributed by atoms with Gasteiger partial charge in [0, 0.05) is 15.8 Å². The second kappa shape index (κ2) is 4.89. The third kappa shape index (κ3) is 2.49. The summed E-state index contributed by atoms with van der Waals surface area (Å²) < 4.78 is 0. The predicted octanol–water partition coefficient (Wildman–Crippen LogP) is 4.19. The summed E-state index contributed by atoms with van der Waals surface area (Å²) in [5, 5.41) is 0. The van der Waals surface area contributed by atoms with Crippen molar-refractivity contribution in [3.63, 3.8) is 0 Å². The van der Waals surface area contributed by atoms with E-state index in [4.69, 9.17) is 5.73 Å². The lowest BCUT2D eigenvalue weighted by Gasteiger charge is -2.30. The lowest BCUT2D eigenvalue weighted by Crippen LogP contribution is -2.25. The lowest BCUT2D eigenvalue weighted by atomic mass is 9.79. The molecule has 1 nitrogen and oxygen atoms in total. The zero-order valence-electron chi connectivity index (χ0n) is 10.6. The lowest BCUT2D eigenvalue weighted by molar-refractivity contribution is 0.257. The highest BCUT2D eigenvalue weighted by atomic mass is 32.1. The van der Waals surface area contributed by atoms with Gasteiger partial charge in [-0.25, -0.2) is 0 Å². The fourth-order valence-corrected chi connectivity index (χ4v) is 3.98. The van der Waals surface area contributed by atoms with Crippen LogP contribution in [0.4, 0.5) is 0 Å². The molecule has 2 N–H and O–H groups in total. The van der Waals surface area contributed by atoms with Crippen molar-refractivity contribution < 1.29 is 0 Å². The average Bonchev–Trinajstić information content (AvgIpc) is 2.58. The maximum absolute atomic E-state index is 6.44. The topological polar surface area (TPSA) is 26.0 Å². The van der Waals surface area contributed by atoms with Crippen LogP contribution in [-0.4, -0.2) is 0 Å². The first-order valence-corrected chi connectivity index (χ1v) is 7.22. The van der Waals surface area contributed by atoms with Crippen LogP contribution in [0.3, 0.4) is 0 Å². The molecule has 0 radical (unpaired) electrons. The highest BCUT2D eigenvalue weighted by Crippen LogP contribution is 2.38. The van der Waals surface area contributed by atoms with Crippen LogP contribution in [0.25, 0.3) is 0 Å². The average molecular weight is 237 g/mol. The van der Waals surface area contributed by atoms with E-state index in [1.165, 1.54) is 41.0 Å². The van der Waals surface area contributed by atoms with Gasteiger partial charge in [-0.1, -0.05) is 19.8 Å². The summed E-state index contributed by atoms with van der Waals surface area (Å²) >= 11 is 1.89. The highest BCUT2D eigenvalue weighted by Gasteiger charge is 2.26. The highest BCUT2D eigenvalue weighted by molar-refractivity contribution is 7.12. The summed E-state index contributed by atoms with van der Waals surface area (Å²) in [6.07, 6.45) is 5.36. The van der Waals surface area contributed by atoms with E-state index in [1.807, 2.05) is 11.3 Å². The Balaban J connectivity index is 2.07. The summed E-state index contributed by atoms with van der Waals surface area (Å²) in [5.41, 5.74) is 7.84. The largest absolute Gasteiger partial charge is 0.323 e. The van der Waals surface area contributed by atoms with E-state index >= 15 is 0 Å². The molecule has 90 valence electrons. The van der Waals surface area contributed by atoms with Crippen molar-refractivity contribution in [3.05, 3.63) is 21.4 Å². The number of rotatable bonds is 2. The molecular weight excluding hydrogens is 214 g/mol. The van der Waals surface area contributed by atoms with Crippen LogP contribution in [0.5, 0.6) is 0 Å². The molecule has 1 aliphatic carbocycles. The Hall–Kier alpha value is -0.340. The number of aryl methyl sites for hydroxylation is 2. The number of thiophene rings is 1. The van der Waals surface area contributed by atoms with Crippen molar-refractivity contribution in [1.82, 2.24) is 0 Å². The summed E-state index contributed by atoms with van der Waals surface area (Å²) in [7, 11) is 0. The van der Waals surface area contributed by atoms with Gasteiger partial charge in [0.05, 0.1) is 0 Å². The summed E-state index contributed by atoms with van der Waals surface area (Å²) in [4.78, 5) is 2.82. The molecule has 1 atom stereocenters. The van der Waals surface area contributed by atoms with Gasteiger partial charge in [0.15, 0.2) is 0 Å². The van der Waals surface area contributed by atoms with Crippen LogP contribution in [0, 0.1) is 25.7 Å². The molecule has 1 aromatic heterocycles. The number of hydrogen-bond donors (Lipinski definition) is 1. The second-order valence-electron chi connectivity index (χ2n) is 5.45. The number of hydrogen-bond acceptors (Lipinski definition) is 2. The molecular formula is C14H23NS. The minimum atomic E-state index is 0.284. The quantitative estimate of drug-likeness (QED) is 0.820. The van der Waals surface area contributed by atoms with E-state index in [9.17, 15) is 0 Å². The molecule has 2 rings (SSSR count). The van der Waals surface area contributed by atoms with Gasteiger partial charge in [-0.3, -0.25) is 0 Å². The molecule has 0 aromatic carbocycles. The van der Waals surface area contributed by atoms with Crippen LogP contribution in [-0.2, 0) is 0 Å². The Morgan fingerprint density at radius 3 is 2.38 bits per heavy atom. The molecule has 0 amide bonds. The SMILES string of the molecule is Cc1cc(C)c(C(N)C2CCC(C)CC2)s1. The Morgan fingerprint density at radius 1 is 1.25 bits per heavy atom. The van der Waals surface area contributed by atoms with E-state index < -0.39 is 0 Å². The standard InChI is InChI=1S/C14H23NS/c1-9-4-6-12(7-5-9)13(15)14-10(2)8-11(3)16-14/h8-9,12-13H,4-7,15H2,1-3H3. The van der Waals surface area contributed by atoms with E-state index in [0.29, 0.717) is 5.92 Å². The first kappa shape index (κ1) is 12.1. The molecule has 2 heteroatoms. The van der Waals surface area contributed by atoms with Gasteiger partial charge >= 0.3 is 0 Å². The minimum Gasteiger partial charge on any atom is -0.323 e. The molecule has 1 aliphatic rings. The van der Waals surface area contributed by atoms with Gasteiger partial charge in [-0.2, -0.15) is 0 Å². The van der Waals surface area contributed by atoms with Crippen LogP contribution >= 0.6 is 11.3 Å². The Bertz CT molecular complexity index is 348. The van der Waals surface area contributed by atoms with E-state index in [1.54, 1.807) is 0 Å². The van der Waals surface area contributed by atoms with Crippen molar-refractivity contribution in [2.24, 2.45) is 17.6 Å². The third-order valence-electron chi connectivity index (χ3n) is 3.95. The molecule has 1 fully saturated rings. The van der Waals surface area contributed by atoms with E-state index in [2.05, 4.69) is 26.8 Å². The van der Waals surface area contributed by atoms with Crippen molar-refractivity contribution in [2.75, 3.05) is 0 Å². The van der Waals surface area contributed by atoms with E-state index in [-0.39, 0.29) is 6.04 Å². The molecule has 0 spiro atoms. The van der Waals surface area contributed by atoms with Gasteiger partial charge < -0.3 is 5.73 Å². The fourth-order valence-electron chi connectivity index (χ4n) is 2.85. The smallest absolute Gasteiger partial charge is 0.0421 e. The first-order chi connectivity index (χ1) is 7.58. The Morgan fingerprint density at radius 2 is 1.88 bits per heavy atom. The fraction of sp³-hybridized carbons (Fsp3) is 0.714. The van der Waals surface area contributed by atoms with Crippen molar-refractivity contribution in [1.29, 1.82) is 0 Å². The zero-order chi connectivity index (χ0) is 11.7. The maximum Gasteiger partial charge on any atom is 0.0421 e. The monoisotopic (exact) mass is 237 g/mol. The summed E-state index contributed by atoms with van der Waals surface area (Å²) in [6, 6.07) is 2.55. The molecule has 1 aromatic rings. The maximum atomic E-state index is 6.44. The van der Waals surface area contributed by atoms with Crippen LogP contribution in [0.2, 0.25) is 0 Å². The van der Waals surface area contributed by atoms with Gasteiger partial charge in [0.1, 0.15) is 0 Å². The van der Waals surface area contributed by atoms with Crippen LogP contribution < -0.4 is 5.73 Å². The van der Waals surface area contributed by atoms with Crippen molar-refractivity contribution >= 4 is 11.3 Å². The van der Waals surface area contributed by atoms with E-state index in [0.717, 1.165) is 5.92 Å². The normalized spacial score (nSPS) is 28.0. The number of nitrogens with two attached hydrogens (primary N) is 1. The first-order valence-electron chi connectivity index (χ1n) is 6.40. The van der Waals surface area contributed by atoms with Gasteiger partial charge in [-0.15, -0.1) is 11.3 Å². The second-order valence-corrected chi connectivity index (χ2v) is 6.74. The summed E-state index contributed by atoms with van der Waals surface area (Å²) in [5.74, 6) is 1.63. The molecule has 1 saturated carbocycles. The van der Waals surface area contributed by atoms with Gasteiger partial charge in [0.2, 0.25) is 0 Å². The van der Waals surface area contributed by atoms with Crippen molar-refractivity contribution in [2.45, 2.75) is 52.5 Å². The predicted molar refractivity (Wildman–Crippen MR) is 71.8 cm³/mol. The summed E-state index contributed by atoms with van der Waals surface area (Å²) in [6.45, 7) is 6.74.